The second kappa shape index (κ2) is 9.98. The Hall–Kier alpha value is -3.83. The fourth-order valence-electron chi connectivity index (χ4n) is 3.05. The van der Waals surface area contributed by atoms with Crippen LogP contribution in [0.3, 0.4) is 0 Å². The summed E-state index contributed by atoms with van der Waals surface area (Å²) in [6.07, 6.45) is -0.962. The van der Waals surface area contributed by atoms with Crippen LogP contribution in [0.5, 0.6) is 17.2 Å². The second-order valence-corrected chi connectivity index (χ2v) is 9.01. The number of carbonyl (C=O) groups is 1. The van der Waals surface area contributed by atoms with Crippen LogP contribution in [-0.4, -0.2) is 45.5 Å². The highest BCUT2D eigenvalue weighted by atomic mass is 32.2. The minimum atomic E-state index is -3.90. The molecule has 0 radical (unpaired) electrons. The van der Waals surface area contributed by atoms with Crippen molar-refractivity contribution in [2.24, 2.45) is 0 Å². The van der Waals surface area contributed by atoms with Gasteiger partial charge in [0.05, 0.1) is 4.90 Å². The minimum Gasteiger partial charge on any atom is -0.491 e. The lowest BCUT2D eigenvalue weighted by Gasteiger charge is -2.14. The SMILES string of the molecule is O=C(NCC(O)COc1ccc2c(c1)OCO2)c1ccc(NS(=O)(=O)c2ccc(F)cc2)cc1. The van der Waals surface area contributed by atoms with Crippen LogP contribution in [0.15, 0.2) is 71.6 Å². The Morgan fingerprint density at radius 3 is 2.47 bits per heavy atom. The van der Waals surface area contributed by atoms with Gasteiger partial charge in [0.25, 0.3) is 15.9 Å². The Morgan fingerprint density at radius 1 is 1.03 bits per heavy atom. The van der Waals surface area contributed by atoms with E-state index in [2.05, 4.69) is 10.0 Å². The predicted octanol–water partition coefficient (Wildman–Crippen LogP) is 2.52. The van der Waals surface area contributed by atoms with Crippen LogP contribution < -0.4 is 24.2 Å². The van der Waals surface area contributed by atoms with Gasteiger partial charge in [0, 0.05) is 23.9 Å². The highest BCUT2D eigenvalue weighted by molar-refractivity contribution is 7.92. The zero-order chi connectivity index (χ0) is 24.1. The molecule has 178 valence electrons. The molecule has 1 unspecified atom stereocenters. The molecular weight excluding hydrogens is 467 g/mol. The molecule has 3 aromatic carbocycles. The maximum absolute atomic E-state index is 13.0. The van der Waals surface area contributed by atoms with E-state index in [9.17, 15) is 22.7 Å². The van der Waals surface area contributed by atoms with Crippen molar-refractivity contribution < 1.29 is 36.9 Å². The van der Waals surface area contributed by atoms with Gasteiger partial charge in [-0.2, -0.15) is 0 Å². The Morgan fingerprint density at radius 2 is 1.74 bits per heavy atom. The summed E-state index contributed by atoms with van der Waals surface area (Å²) in [5.74, 6) is 0.681. The van der Waals surface area contributed by atoms with Crippen molar-refractivity contribution in [2.75, 3.05) is 24.7 Å². The molecular formula is C23H21FN2O7S. The van der Waals surface area contributed by atoms with Gasteiger partial charge in [0.15, 0.2) is 11.5 Å². The predicted molar refractivity (Wildman–Crippen MR) is 120 cm³/mol. The van der Waals surface area contributed by atoms with Crippen molar-refractivity contribution >= 4 is 21.6 Å². The fourth-order valence-corrected chi connectivity index (χ4v) is 4.11. The number of anilines is 1. The molecule has 3 N–H and O–H groups in total. The topological polar surface area (TPSA) is 123 Å². The van der Waals surface area contributed by atoms with Crippen LogP contribution >= 0.6 is 0 Å². The number of benzene rings is 3. The van der Waals surface area contributed by atoms with Crippen molar-refractivity contribution in [3.05, 3.63) is 78.1 Å². The molecule has 4 rings (SSSR count). The lowest BCUT2D eigenvalue weighted by molar-refractivity contribution is 0.0843. The standard InChI is InChI=1S/C23H21FN2O7S/c24-16-3-8-20(9-4-16)34(29,30)26-17-5-1-15(2-6-17)23(28)25-12-18(27)13-31-19-7-10-21-22(11-19)33-14-32-21/h1-11,18,26-27H,12-14H2,(H,25,28). The summed E-state index contributed by atoms with van der Waals surface area (Å²) in [5, 5.41) is 12.7. The number of halogens is 1. The summed E-state index contributed by atoms with van der Waals surface area (Å²) < 4.78 is 56.1. The van der Waals surface area contributed by atoms with E-state index in [1.54, 1.807) is 18.2 Å². The lowest BCUT2D eigenvalue weighted by Crippen LogP contribution is -2.35. The molecule has 0 saturated carbocycles. The zero-order valence-corrected chi connectivity index (χ0v) is 18.5. The Labute approximate surface area is 195 Å². The fraction of sp³-hybridized carbons (Fsp3) is 0.174. The van der Waals surface area contributed by atoms with Gasteiger partial charge in [-0.1, -0.05) is 0 Å². The third kappa shape index (κ3) is 5.74. The minimum absolute atomic E-state index is 0.0516. The van der Waals surface area contributed by atoms with Crippen LogP contribution in [0.2, 0.25) is 0 Å². The smallest absolute Gasteiger partial charge is 0.261 e. The quantitative estimate of drug-likeness (QED) is 0.423. The van der Waals surface area contributed by atoms with E-state index in [0.717, 1.165) is 24.3 Å². The first-order valence-electron chi connectivity index (χ1n) is 10.2. The first-order chi connectivity index (χ1) is 16.3. The second-order valence-electron chi connectivity index (χ2n) is 7.33. The molecule has 0 fully saturated rings. The first kappa shape index (κ1) is 23.3. The number of fused-ring (bicyclic) bond motifs is 1. The molecule has 0 spiro atoms. The van der Waals surface area contributed by atoms with Crippen LogP contribution in [0.25, 0.3) is 0 Å². The van der Waals surface area contributed by atoms with Crippen molar-refractivity contribution in [1.82, 2.24) is 5.32 Å². The van der Waals surface area contributed by atoms with Gasteiger partial charge in [0.2, 0.25) is 6.79 Å². The summed E-state index contributed by atoms with van der Waals surface area (Å²) in [5.41, 5.74) is 0.506. The molecule has 1 amide bonds. The molecule has 1 aliphatic rings. The Bertz CT molecular complexity index is 1270. The number of rotatable bonds is 9. The molecule has 11 heteroatoms. The van der Waals surface area contributed by atoms with Crippen molar-refractivity contribution in [1.29, 1.82) is 0 Å². The number of nitrogens with one attached hydrogen (secondary N) is 2. The van der Waals surface area contributed by atoms with Crippen molar-refractivity contribution in [3.8, 4) is 17.2 Å². The molecule has 9 nitrogen and oxygen atoms in total. The maximum atomic E-state index is 13.0. The summed E-state index contributed by atoms with van der Waals surface area (Å²) in [6.45, 7) is 0.0426. The molecule has 0 aliphatic carbocycles. The first-order valence-corrected chi connectivity index (χ1v) is 11.7. The normalized spacial score (nSPS) is 13.2. The van der Waals surface area contributed by atoms with E-state index >= 15 is 0 Å². The molecule has 34 heavy (non-hydrogen) atoms. The average molecular weight is 488 g/mol. The van der Waals surface area contributed by atoms with Crippen LogP contribution in [0.4, 0.5) is 10.1 Å². The van der Waals surface area contributed by atoms with Crippen molar-refractivity contribution in [2.45, 2.75) is 11.0 Å². The number of aliphatic hydroxyl groups excluding tert-OH is 1. The number of sulfonamides is 1. The third-order valence-corrected chi connectivity index (χ3v) is 6.21. The Balaban J connectivity index is 1.26. The summed E-state index contributed by atoms with van der Waals surface area (Å²) in [4.78, 5) is 12.2. The number of amides is 1. The monoisotopic (exact) mass is 488 g/mol. The lowest BCUT2D eigenvalue weighted by atomic mass is 10.2. The zero-order valence-electron chi connectivity index (χ0n) is 17.7. The van der Waals surface area contributed by atoms with Gasteiger partial charge >= 0.3 is 0 Å². The van der Waals surface area contributed by atoms with Crippen LogP contribution in [0.1, 0.15) is 10.4 Å². The third-order valence-electron chi connectivity index (χ3n) is 4.81. The molecule has 0 aromatic heterocycles. The van der Waals surface area contributed by atoms with Gasteiger partial charge in [-0.15, -0.1) is 0 Å². The number of aliphatic hydroxyl groups is 1. The highest BCUT2D eigenvalue weighted by Crippen LogP contribution is 2.35. The largest absolute Gasteiger partial charge is 0.491 e. The van der Waals surface area contributed by atoms with Gasteiger partial charge in [-0.25, -0.2) is 12.8 Å². The number of ether oxygens (including phenoxy) is 3. The van der Waals surface area contributed by atoms with Gasteiger partial charge in [-0.3, -0.25) is 9.52 Å². The molecule has 1 aliphatic heterocycles. The van der Waals surface area contributed by atoms with Gasteiger partial charge < -0.3 is 24.6 Å². The number of hydrogen-bond donors (Lipinski definition) is 3. The summed E-state index contributed by atoms with van der Waals surface area (Å²) in [7, 11) is -3.90. The van der Waals surface area contributed by atoms with E-state index in [-0.39, 0.29) is 36.1 Å². The number of carbonyl (C=O) groups excluding carboxylic acids is 1. The molecule has 3 aromatic rings. The van der Waals surface area contributed by atoms with E-state index in [0.29, 0.717) is 17.2 Å². The van der Waals surface area contributed by atoms with E-state index in [4.69, 9.17) is 14.2 Å². The summed E-state index contributed by atoms with van der Waals surface area (Å²) >= 11 is 0. The molecule has 1 atom stereocenters. The average Bonchev–Trinajstić information content (AvgIpc) is 3.30. The maximum Gasteiger partial charge on any atom is 0.261 e. The van der Waals surface area contributed by atoms with E-state index in [1.807, 2.05) is 0 Å². The van der Waals surface area contributed by atoms with E-state index in [1.165, 1.54) is 24.3 Å². The number of hydrogen-bond acceptors (Lipinski definition) is 7. The van der Waals surface area contributed by atoms with Crippen LogP contribution in [0, 0.1) is 5.82 Å². The molecule has 0 bridgehead atoms. The van der Waals surface area contributed by atoms with Crippen molar-refractivity contribution in [3.63, 3.8) is 0 Å². The highest BCUT2D eigenvalue weighted by Gasteiger charge is 2.16. The summed E-state index contributed by atoms with van der Waals surface area (Å²) in [6, 6.07) is 15.2. The molecule has 1 heterocycles. The Kier molecular flexibility index (Phi) is 6.85. The van der Waals surface area contributed by atoms with E-state index < -0.39 is 27.9 Å². The van der Waals surface area contributed by atoms with Gasteiger partial charge in [-0.05, 0) is 60.7 Å². The molecule has 0 saturated heterocycles. The van der Waals surface area contributed by atoms with Crippen LogP contribution in [-0.2, 0) is 10.0 Å². The van der Waals surface area contributed by atoms with Gasteiger partial charge in [0.1, 0.15) is 24.3 Å².